The smallest absolute Gasteiger partial charge is 0.174 e. The molecule has 0 radical (unpaired) electrons. The molecule has 0 N–H and O–H groups in total. The molecule has 0 saturated heterocycles. The number of likely N-dealkylation sites (N-methyl/N-ethyl adjacent to an activating group) is 1. The number of carbonyl (C=O) groups is 1. The fraction of sp³-hybridized carbons (Fsp3) is 0.214. The summed E-state index contributed by atoms with van der Waals surface area (Å²) >= 11 is 0. The van der Waals surface area contributed by atoms with Crippen LogP contribution in [0.1, 0.15) is 10.4 Å². The SMILES string of the molecule is CN1c2ccccc2C(=O)[C@H]2C=CC=C[C@@H]21. The van der Waals surface area contributed by atoms with Crippen molar-refractivity contribution >= 4 is 11.5 Å². The highest BCUT2D eigenvalue weighted by atomic mass is 16.1. The molecule has 80 valence electrons. The molecule has 1 aromatic carbocycles. The average molecular weight is 211 g/mol. The second-order valence-electron chi connectivity index (χ2n) is 4.28. The summed E-state index contributed by atoms with van der Waals surface area (Å²) < 4.78 is 0. The minimum Gasteiger partial charge on any atom is -0.366 e. The van der Waals surface area contributed by atoms with Crippen LogP contribution in [-0.4, -0.2) is 18.9 Å². The first-order valence-corrected chi connectivity index (χ1v) is 5.50. The number of Topliss-reactive ketones (excluding diaryl/α,β-unsaturated/α-hetero) is 1. The van der Waals surface area contributed by atoms with Crippen LogP contribution in [0.15, 0.2) is 48.6 Å². The third-order valence-corrected chi connectivity index (χ3v) is 3.41. The fourth-order valence-electron chi connectivity index (χ4n) is 2.54. The van der Waals surface area contributed by atoms with Crippen LogP contribution in [0, 0.1) is 5.92 Å². The van der Waals surface area contributed by atoms with Gasteiger partial charge in [-0.05, 0) is 12.1 Å². The lowest BCUT2D eigenvalue weighted by Crippen LogP contribution is -2.45. The number of benzene rings is 1. The van der Waals surface area contributed by atoms with Crippen molar-refractivity contribution in [1.29, 1.82) is 0 Å². The Bertz CT molecular complexity index is 501. The van der Waals surface area contributed by atoms with Crippen LogP contribution >= 0.6 is 0 Å². The van der Waals surface area contributed by atoms with Crippen LogP contribution in [0.5, 0.6) is 0 Å². The molecule has 2 aliphatic rings. The van der Waals surface area contributed by atoms with E-state index in [1.54, 1.807) is 0 Å². The second kappa shape index (κ2) is 3.34. The van der Waals surface area contributed by atoms with Gasteiger partial charge in [0.05, 0.1) is 12.0 Å². The molecule has 0 saturated carbocycles. The van der Waals surface area contributed by atoms with Gasteiger partial charge >= 0.3 is 0 Å². The summed E-state index contributed by atoms with van der Waals surface area (Å²) in [4.78, 5) is 14.5. The van der Waals surface area contributed by atoms with Crippen LogP contribution in [0.3, 0.4) is 0 Å². The highest BCUT2D eigenvalue weighted by Crippen LogP contribution is 2.34. The van der Waals surface area contributed by atoms with Crippen molar-refractivity contribution in [2.45, 2.75) is 6.04 Å². The molecule has 1 aliphatic carbocycles. The second-order valence-corrected chi connectivity index (χ2v) is 4.28. The lowest BCUT2D eigenvalue weighted by atomic mass is 9.82. The Balaban J connectivity index is 2.17. The first-order chi connectivity index (χ1) is 7.79. The van der Waals surface area contributed by atoms with Crippen molar-refractivity contribution in [2.24, 2.45) is 5.92 Å². The zero-order chi connectivity index (χ0) is 11.1. The summed E-state index contributed by atoms with van der Waals surface area (Å²) in [6.07, 6.45) is 8.07. The van der Waals surface area contributed by atoms with Crippen molar-refractivity contribution in [3.63, 3.8) is 0 Å². The van der Waals surface area contributed by atoms with Crippen molar-refractivity contribution in [2.75, 3.05) is 11.9 Å². The van der Waals surface area contributed by atoms with Crippen LogP contribution in [0.25, 0.3) is 0 Å². The number of allylic oxidation sites excluding steroid dienone is 2. The van der Waals surface area contributed by atoms with E-state index in [0.29, 0.717) is 0 Å². The highest BCUT2D eigenvalue weighted by Gasteiger charge is 2.36. The molecule has 1 aromatic rings. The maximum atomic E-state index is 12.3. The number of carbonyl (C=O) groups excluding carboxylic acids is 1. The predicted octanol–water partition coefficient (Wildman–Crippen LogP) is 2.43. The van der Waals surface area contributed by atoms with Gasteiger partial charge < -0.3 is 4.90 Å². The molecule has 0 fully saturated rings. The third-order valence-electron chi connectivity index (χ3n) is 3.41. The first-order valence-electron chi connectivity index (χ1n) is 5.50. The Labute approximate surface area is 94.9 Å². The quantitative estimate of drug-likeness (QED) is 0.657. The maximum Gasteiger partial charge on any atom is 0.174 e. The van der Waals surface area contributed by atoms with E-state index in [-0.39, 0.29) is 17.7 Å². The molecule has 2 atom stereocenters. The number of hydrogen-bond donors (Lipinski definition) is 0. The van der Waals surface area contributed by atoms with Gasteiger partial charge in [0.1, 0.15) is 0 Å². The molecule has 1 aliphatic heterocycles. The number of rotatable bonds is 0. The lowest BCUT2D eigenvalue weighted by molar-refractivity contribution is 0.0929. The van der Waals surface area contributed by atoms with Gasteiger partial charge in [0.15, 0.2) is 5.78 Å². The van der Waals surface area contributed by atoms with Gasteiger partial charge in [-0.15, -0.1) is 0 Å². The zero-order valence-electron chi connectivity index (χ0n) is 9.13. The summed E-state index contributed by atoms with van der Waals surface area (Å²) in [6.45, 7) is 0. The van der Waals surface area contributed by atoms with Crippen LogP contribution in [0.2, 0.25) is 0 Å². The minimum absolute atomic E-state index is 0.0232. The van der Waals surface area contributed by atoms with E-state index in [2.05, 4.69) is 11.0 Å². The van der Waals surface area contributed by atoms with Crippen LogP contribution in [0.4, 0.5) is 5.69 Å². The topological polar surface area (TPSA) is 20.3 Å². The van der Waals surface area contributed by atoms with Crippen molar-refractivity contribution in [1.82, 2.24) is 0 Å². The van der Waals surface area contributed by atoms with Gasteiger partial charge in [-0.25, -0.2) is 0 Å². The minimum atomic E-state index is -0.0232. The Morgan fingerprint density at radius 1 is 1.12 bits per heavy atom. The van der Waals surface area contributed by atoms with Gasteiger partial charge in [0.25, 0.3) is 0 Å². The van der Waals surface area contributed by atoms with Crippen molar-refractivity contribution < 1.29 is 4.79 Å². The van der Waals surface area contributed by atoms with Gasteiger partial charge in [-0.3, -0.25) is 4.79 Å². The van der Waals surface area contributed by atoms with Gasteiger partial charge in [-0.1, -0.05) is 36.4 Å². The standard InChI is InChI=1S/C14H13NO/c1-15-12-8-4-2-6-10(12)14(16)11-7-3-5-9-13(11)15/h2-10,12H,1H3/t10-,12-/m0/s1. The fourth-order valence-corrected chi connectivity index (χ4v) is 2.54. The molecule has 0 spiro atoms. The van der Waals surface area contributed by atoms with Gasteiger partial charge in [0.2, 0.25) is 0 Å². The summed E-state index contributed by atoms with van der Waals surface area (Å²) in [5.74, 6) is 0.212. The zero-order valence-corrected chi connectivity index (χ0v) is 9.13. The number of anilines is 1. The monoisotopic (exact) mass is 211 g/mol. The number of para-hydroxylation sites is 1. The number of fused-ring (bicyclic) bond motifs is 2. The van der Waals surface area contributed by atoms with E-state index in [1.165, 1.54) is 0 Å². The maximum absolute atomic E-state index is 12.3. The summed E-state index contributed by atoms with van der Waals surface area (Å²) in [7, 11) is 2.05. The number of ketones is 1. The Kier molecular flexibility index (Phi) is 1.96. The van der Waals surface area contributed by atoms with Gasteiger partial charge in [-0.2, -0.15) is 0 Å². The van der Waals surface area contributed by atoms with E-state index in [0.717, 1.165) is 11.3 Å². The van der Waals surface area contributed by atoms with E-state index in [9.17, 15) is 4.79 Å². The lowest BCUT2D eigenvalue weighted by Gasteiger charge is -2.38. The normalized spacial score (nSPS) is 26.6. The molecule has 0 unspecified atom stereocenters. The molecule has 3 rings (SSSR count). The molecule has 16 heavy (non-hydrogen) atoms. The van der Waals surface area contributed by atoms with Crippen LogP contribution in [-0.2, 0) is 0 Å². The predicted molar refractivity (Wildman–Crippen MR) is 64.7 cm³/mol. The van der Waals surface area contributed by atoms with Crippen molar-refractivity contribution in [3.05, 3.63) is 54.1 Å². The summed E-state index contributed by atoms with van der Waals surface area (Å²) in [6, 6.07) is 8.00. The van der Waals surface area contributed by atoms with E-state index < -0.39 is 0 Å². The van der Waals surface area contributed by atoms with Crippen LogP contribution < -0.4 is 4.90 Å². The van der Waals surface area contributed by atoms with E-state index in [1.807, 2.05) is 49.5 Å². The average Bonchev–Trinajstić information content (AvgIpc) is 2.36. The highest BCUT2D eigenvalue weighted by molar-refractivity contribution is 6.06. The van der Waals surface area contributed by atoms with Gasteiger partial charge in [0, 0.05) is 18.3 Å². The largest absolute Gasteiger partial charge is 0.366 e. The molecule has 0 bridgehead atoms. The molecule has 2 heteroatoms. The first kappa shape index (κ1) is 9.40. The molecule has 0 aromatic heterocycles. The molecule has 1 heterocycles. The molecule has 2 nitrogen and oxygen atoms in total. The summed E-state index contributed by atoms with van der Waals surface area (Å²) in [5, 5.41) is 0. The number of hydrogen-bond acceptors (Lipinski definition) is 2. The molecular weight excluding hydrogens is 198 g/mol. The molecular formula is C14H13NO. The van der Waals surface area contributed by atoms with E-state index in [4.69, 9.17) is 0 Å². The molecule has 0 amide bonds. The Morgan fingerprint density at radius 2 is 1.88 bits per heavy atom. The van der Waals surface area contributed by atoms with Crippen molar-refractivity contribution in [3.8, 4) is 0 Å². The summed E-state index contributed by atoms with van der Waals surface area (Å²) in [5.41, 5.74) is 1.87. The van der Waals surface area contributed by atoms with E-state index >= 15 is 0 Å². The Hall–Kier alpha value is -1.83. The Morgan fingerprint density at radius 3 is 2.75 bits per heavy atom. The third kappa shape index (κ3) is 1.16. The number of nitrogens with zero attached hydrogens (tertiary/aromatic N) is 1.